The predicted octanol–water partition coefficient (Wildman–Crippen LogP) is 2.96. The Morgan fingerprint density at radius 3 is 2.81 bits per heavy atom. The highest BCUT2D eigenvalue weighted by Gasteiger charge is 2.30. The average Bonchev–Trinajstić information content (AvgIpc) is 3.24. The fourth-order valence-corrected chi connectivity index (χ4v) is 2.38. The van der Waals surface area contributed by atoms with Crippen LogP contribution < -0.4 is 0 Å². The molecule has 3 rings (SSSR count). The van der Waals surface area contributed by atoms with Crippen molar-refractivity contribution in [1.29, 1.82) is 0 Å². The van der Waals surface area contributed by atoms with Crippen molar-refractivity contribution in [1.82, 2.24) is 15.0 Å². The van der Waals surface area contributed by atoms with Crippen LogP contribution in [0.5, 0.6) is 0 Å². The Labute approximate surface area is 129 Å². The summed E-state index contributed by atoms with van der Waals surface area (Å²) in [6, 6.07) is 7.68. The summed E-state index contributed by atoms with van der Waals surface area (Å²) in [4.78, 5) is 0. The van der Waals surface area contributed by atoms with Gasteiger partial charge in [0, 0.05) is 17.6 Å². The Morgan fingerprint density at radius 2 is 2.10 bits per heavy atom. The molecule has 4 nitrogen and oxygen atoms in total. The number of benzene rings is 1. The van der Waals surface area contributed by atoms with Crippen molar-refractivity contribution in [3.05, 3.63) is 52.8 Å². The molecule has 1 aliphatic carbocycles. The molecule has 0 radical (unpaired) electrons. The second kappa shape index (κ2) is 6.41. The summed E-state index contributed by atoms with van der Waals surface area (Å²) in [5, 5.41) is 18.8. The van der Waals surface area contributed by atoms with E-state index in [1.807, 2.05) is 42.6 Å². The molecular formula is C16H18ClN3O. The first-order valence-electron chi connectivity index (χ1n) is 7.20. The van der Waals surface area contributed by atoms with E-state index in [2.05, 4.69) is 10.3 Å². The predicted molar refractivity (Wildman–Crippen MR) is 82.9 cm³/mol. The molecule has 1 unspecified atom stereocenters. The third-order valence-corrected chi connectivity index (χ3v) is 3.90. The van der Waals surface area contributed by atoms with Crippen LogP contribution in [0, 0.1) is 5.92 Å². The van der Waals surface area contributed by atoms with Crippen LogP contribution in [0.2, 0.25) is 5.02 Å². The summed E-state index contributed by atoms with van der Waals surface area (Å²) in [5.41, 5.74) is 1.96. The van der Waals surface area contributed by atoms with Gasteiger partial charge in [0.2, 0.25) is 0 Å². The third-order valence-electron chi connectivity index (χ3n) is 3.64. The van der Waals surface area contributed by atoms with Crippen LogP contribution in [0.15, 0.2) is 36.5 Å². The Hall–Kier alpha value is -1.65. The first kappa shape index (κ1) is 14.3. The fraction of sp³-hybridized carbons (Fsp3) is 0.375. The molecule has 21 heavy (non-hydrogen) atoms. The molecule has 110 valence electrons. The van der Waals surface area contributed by atoms with Crippen molar-refractivity contribution >= 4 is 17.7 Å². The Bertz CT molecular complexity index is 617. The molecular weight excluding hydrogens is 286 g/mol. The fourth-order valence-electron chi connectivity index (χ4n) is 2.25. The molecule has 0 spiro atoms. The van der Waals surface area contributed by atoms with Crippen LogP contribution >= 0.6 is 11.6 Å². The number of rotatable bonds is 6. The van der Waals surface area contributed by atoms with Crippen LogP contribution in [0.4, 0.5) is 0 Å². The highest BCUT2D eigenvalue weighted by molar-refractivity contribution is 6.30. The van der Waals surface area contributed by atoms with Gasteiger partial charge in [-0.2, -0.15) is 0 Å². The highest BCUT2D eigenvalue weighted by atomic mass is 35.5. The van der Waals surface area contributed by atoms with Gasteiger partial charge in [0.1, 0.15) is 0 Å². The quantitative estimate of drug-likeness (QED) is 0.892. The highest BCUT2D eigenvalue weighted by Crippen LogP contribution is 2.33. The zero-order valence-corrected chi connectivity index (χ0v) is 12.4. The molecule has 1 atom stereocenters. The van der Waals surface area contributed by atoms with Crippen molar-refractivity contribution in [3.63, 3.8) is 0 Å². The summed E-state index contributed by atoms with van der Waals surface area (Å²) in [6.07, 6.45) is 8.57. The van der Waals surface area contributed by atoms with Gasteiger partial charge in [-0.25, -0.2) is 4.68 Å². The molecule has 0 aliphatic heterocycles. The summed E-state index contributed by atoms with van der Waals surface area (Å²) < 4.78 is 1.78. The minimum Gasteiger partial charge on any atom is -0.392 e. The van der Waals surface area contributed by atoms with E-state index < -0.39 is 0 Å². The van der Waals surface area contributed by atoms with Crippen LogP contribution in [0.1, 0.15) is 24.1 Å². The number of hydrogen-bond acceptors (Lipinski definition) is 3. The minimum absolute atomic E-state index is 0.264. The Kier molecular flexibility index (Phi) is 4.36. The lowest BCUT2D eigenvalue weighted by Crippen LogP contribution is -2.12. The van der Waals surface area contributed by atoms with E-state index in [0.717, 1.165) is 29.1 Å². The zero-order chi connectivity index (χ0) is 14.7. The van der Waals surface area contributed by atoms with E-state index in [1.54, 1.807) is 4.68 Å². The number of halogens is 1. The zero-order valence-electron chi connectivity index (χ0n) is 11.7. The lowest BCUT2D eigenvalue weighted by atomic mass is 10.1. The molecule has 1 fully saturated rings. The molecule has 0 saturated heterocycles. The number of nitrogens with zero attached hydrogens (tertiary/aromatic N) is 3. The number of aromatic nitrogens is 3. The summed E-state index contributed by atoms with van der Waals surface area (Å²) in [7, 11) is 0. The normalized spacial score (nSPS) is 16.5. The lowest BCUT2D eigenvalue weighted by Gasteiger charge is -2.04. The Morgan fingerprint density at radius 1 is 1.33 bits per heavy atom. The van der Waals surface area contributed by atoms with Crippen molar-refractivity contribution in [3.8, 4) is 0 Å². The van der Waals surface area contributed by atoms with Gasteiger partial charge in [0.15, 0.2) is 0 Å². The molecule has 1 aromatic heterocycles. The molecule has 0 amide bonds. The minimum atomic E-state index is -0.264. The molecule has 1 aromatic carbocycles. The number of allylic oxidation sites excluding steroid dienone is 1. The Balaban J connectivity index is 1.53. The molecule has 1 saturated carbocycles. The summed E-state index contributed by atoms with van der Waals surface area (Å²) in [5.74, 6) is 0.472. The second-order valence-corrected chi connectivity index (χ2v) is 5.93. The first-order valence-corrected chi connectivity index (χ1v) is 7.58. The summed E-state index contributed by atoms with van der Waals surface area (Å²) >= 11 is 5.85. The molecule has 0 bridgehead atoms. The topological polar surface area (TPSA) is 50.9 Å². The first-order chi connectivity index (χ1) is 10.2. The van der Waals surface area contributed by atoms with Crippen LogP contribution in [0.25, 0.3) is 6.08 Å². The van der Waals surface area contributed by atoms with Crippen LogP contribution in [-0.4, -0.2) is 26.2 Å². The lowest BCUT2D eigenvalue weighted by molar-refractivity contribution is 0.150. The maximum atomic E-state index is 9.90. The van der Waals surface area contributed by atoms with Gasteiger partial charge in [-0.15, -0.1) is 5.10 Å². The van der Waals surface area contributed by atoms with Crippen molar-refractivity contribution < 1.29 is 5.11 Å². The van der Waals surface area contributed by atoms with Gasteiger partial charge in [0.25, 0.3) is 0 Å². The smallest absolute Gasteiger partial charge is 0.0853 e. The van der Waals surface area contributed by atoms with Crippen molar-refractivity contribution in [2.45, 2.75) is 31.9 Å². The monoisotopic (exact) mass is 303 g/mol. The maximum absolute atomic E-state index is 9.90. The standard InChI is InChI=1S/C16H18ClN3O/c17-14-7-3-12(4-8-14)2-1-9-20-11-15(18-19-20)10-16(21)13-5-6-13/h1-4,7-8,11,13,16,21H,5-6,9-10H2/b2-1+. The summed E-state index contributed by atoms with van der Waals surface area (Å²) in [6.45, 7) is 0.662. The van der Waals surface area contributed by atoms with E-state index in [4.69, 9.17) is 11.6 Å². The molecule has 2 aromatic rings. The van der Waals surface area contributed by atoms with Gasteiger partial charge < -0.3 is 5.11 Å². The van der Waals surface area contributed by atoms with Gasteiger partial charge in [-0.05, 0) is 36.5 Å². The number of hydrogen-bond donors (Lipinski definition) is 1. The van der Waals surface area contributed by atoms with E-state index in [-0.39, 0.29) is 6.10 Å². The third kappa shape index (κ3) is 4.16. The number of aliphatic hydroxyl groups is 1. The van der Waals surface area contributed by atoms with E-state index in [9.17, 15) is 5.11 Å². The molecule has 5 heteroatoms. The van der Waals surface area contributed by atoms with Gasteiger partial charge in [-0.3, -0.25) is 0 Å². The van der Waals surface area contributed by atoms with Crippen LogP contribution in [-0.2, 0) is 13.0 Å². The molecule has 1 aliphatic rings. The van der Waals surface area contributed by atoms with Crippen molar-refractivity contribution in [2.75, 3.05) is 0 Å². The van der Waals surface area contributed by atoms with Gasteiger partial charge in [0.05, 0.1) is 18.3 Å². The second-order valence-electron chi connectivity index (χ2n) is 5.49. The number of aliphatic hydroxyl groups excluding tert-OH is 1. The van der Waals surface area contributed by atoms with Crippen LogP contribution in [0.3, 0.4) is 0 Å². The van der Waals surface area contributed by atoms with E-state index >= 15 is 0 Å². The van der Waals surface area contributed by atoms with Crippen molar-refractivity contribution in [2.24, 2.45) is 5.92 Å². The van der Waals surface area contributed by atoms with E-state index in [1.165, 1.54) is 0 Å². The molecule has 1 N–H and O–H groups in total. The van der Waals surface area contributed by atoms with Gasteiger partial charge >= 0.3 is 0 Å². The molecule has 1 heterocycles. The van der Waals surface area contributed by atoms with Gasteiger partial charge in [-0.1, -0.05) is 41.1 Å². The average molecular weight is 304 g/mol. The largest absolute Gasteiger partial charge is 0.392 e. The maximum Gasteiger partial charge on any atom is 0.0853 e. The van der Waals surface area contributed by atoms with E-state index in [0.29, 0.717) is 18.9 Å². The SMILES string of the molecule is OC(Cc1cn(C/C=C/c2ccc(Cl)cc2)nn1)C1CC1.